The van der Waals surface area contributed by atoms with Crippen molar-refractivity contribution in [3.63, 3.8) is 0 Å². The molecule has 1 atom stereocenters. The van der Waals surface area contributed by atoms with Crippen molar-refractivity contribution in [1.29, 1.82) is 0 Å². The maximum atomic E-state index is 12.0. The van der Waals surface area contributed by atoms with Gasteiger partial charge >= 0.3 is 5.69 Å². The molecule has 0 aliphatic carbocycles. The first-order valence-electron chi connectivity index (χ1n) is 8.38. The molecule has 0 unspecified atom stereocenters. The second kappa shape index (κ2) is 8.88. The third-order valence-electron chi connectivity index (χ3n) is 3.72. The fourth-order valence-corrected chi connectivity index (χ4v) is 2.73. The van der Waals surface area contributed by atoms with E-state index >= 15 is 0 Å². The number of hydrogen-bond donors (Lipinski definition) is 3. The lowest BCUT2D eigenvalue weighted by Crippen LogP contribution is -2.29. The Balaban J connectivity index is 0.00000117. The monoisotopic (exact) mass is 380 g/mol. The fraction of sp³-hybridized carbons (Fsp3) is 0.412. The van der Waals surface area contributed by atoms with Gasteiger partial charge in [0.1, 0.15) is 0 Å². The van der Waals surface area contributed by atoms with Crippen LogP contribution in [0.5, 0.6) is 0 Å². The van der Waals surface area contributed by atoms with Gasteiger partial charge in [0, 0.05) is 18.2 Å². The number of aryl methyl sites for hydroxylation is 1. The van der Waals surface area contributed by atoms with Crippen LogP contribution in [-0.4, -0.2) is 42.4 Å². The number of aromatic amines is 1. The summed E-state index contributed by atoms with van der Waals surface area (Å²) in [5, 5.41) is 19.2. The molecule has 0 saturated carbocycles. The quantitative estimate of drug-likeness (QED) is 0.575. The maximum absolute atomic E-state index is 12.0. The first kappa shape index (κ1) is 20.0. The van der Waals surface area contributed by atoms with Crippen LogP contribution in [0, 0.1) is 0 Å². The topological polar surface area (TPSA) is 121 Å². The largest absolute Gasteiger partial charge is 0.396 e. The van der Waals surface area contributed by atoms with Gasteiger partial charge in [0.2, 0.25) is 0 Å². The number of aromatic nitrogens is 4. The van der Waals surface area contributed by atoms with E-state index in [4.69, 9.17) is 16.7 Å². The normalized spacial score (nSPS) is 12.0. The number of aliphatic hydroxyl groups is 2. The molecule has 8 nitrogen and oxygen atoms in total. The zero-order valence-electron chi connectivity index (χ0n) is 14.6. The fourth-order valence-electron chi connectivity index (χ4n) is 2.56. The van der Waals surface area contributed by atoms with Crippen LogP contribution in [-0.2, 0) is 6.54 Å². The minimum atomic E-state index is -0.764. The Labute approximate surface area is 154 Å². The zero-order valence-corrected chi connectivity index (χ0v) is 15.3. The number of aliphatic hydroxyl groups excluding tert-OH is 2. The molecule has 9 heteroatoms. The SMILES string of the molecule is CC.O=c1nc2n(CC[C@H](O)CCO)c3cc(Cl)ccc3nc-2c(=O)[nH]1. The highest BCUT2D eigenvalue weighted by Gasteiger charge is 2.19. The Morgan fingerprint density at radius 1 is 1.23 bits per heavy atom. The molecular formula is C17H21ClN4O4. The van der Waals surface area contributed by atoms with Crippen molar-refractivity contribution in [3.8, 4) is 11.5 Å². The molecule has 0 bridgehead atoms. The van der Waals surface area contributed by atoms with E-state index in [2.05, 4.69) is 15.0 Å². The van der Waals surface area contributed by atoms with Crippen molar-refractivity contribution in [2.24, 2.45) is 0 Å². The van der Waals surface area contributed by atoms with Crippen molar-refractivity contribution >= 4 is 22.6 Å². The van der Waals surface area contributed by atoms with Gasteiger partial charge in [-0.2, -0.15) is 4.98 Å². The summed E-state index contributed by atoms with van der Waals surface area (Å²) < 4.78 is 1.64. The van der Waals surface area contributed by atoms with Crippen LogP contribution in [0.15, 0.2) is 27.8 Å². The number of benzene rings is 1. The molecule has 1 aromatic rings. The van der Waals surface area contributed by atoms with E-state index in [1.165, 1.54) is 0 Å². The summed E-state index contributed by atoms with van der Waals surface area (Å²) in [6.07, 6.45) is -0.161. The standard InChI is InChI=1S/C15H15ClN4O4.C2H6/c16-8-1-2-10-11(7-8)20(5-3-9(22)4-6-21)13-12(17-10)14(23)19-15(24)18-13;1-2/h1-2,7,9,21-22H,3-6H2,(H,19,23,24);1-2H3/t9-;/m0./s1. The second-order valence-corrected chi connectivity index (χ2v) is 5.83. The first-order chi connectivity index (χ1) is 12.5. The van der Waals surface area contributed by atoms with Crippen molar-refractivity contribution < 1.29 is 10.2 Å². The smallest absolute Gasteiger partial charge is 0.349 e. The van der Waals surface area contributed by atoms with Gasteiger partial charge in [-0.25, -0.2) is 9.78 Å². The van der Waals surface area contributed by atoms with E-state index < -0.39 is 17.4 Å². The Kier molecular flexibility index (Phi) is 6.84. The van der Waals surface area contributed by atoms with E-state index in [0.717, 1.165) is 0 Å². The van der Waals surface area contributed by atoms with E-state index in [9.17, 15) is 14.7 Å². The summed E-state index contributed by atoms with van der Waals surface area (Å²) in [6.45, 7) is 4.16. The molecule has 0 fully saturated rings. The van der Waals surface area contributed by atoms with Crippen molar-refractivity contribution in [2.45, 2.75) is 39.3 Å². The summed E-state index contributed by atoms with van der Waals surface area (Å²) in [4.78, 5) is 33.8. The summed E-state index contributed by atoms with van der Waals surface area (Å²) >= 11 is 6.04. The summed E-state index contributed by atoms with van der Waals surface area (Å²) in [7, 11) is 0. The van der Waals surface area contributed by atoms with Gasteiger partial charge in [0.25, 0.3) is 5.56 Å². The summed E-state index contributed by atoms with van der Waals surface area (Å²) in [5.74, 6) is 0.134. The number of H-pyrrole nitrogens is 1. The molecule has 140 valence electrons. The molecule has 2 aliphatic rings. The third kappa shape index (κ3) is 4.27. The predicted octanol–water partition coefficient (Wildman–Crippen LogP) is 1.40. The molecule has 3 N–H and O–H groups in total. The summed E-state index contributed by atoms with van der Waals surface area (Å²) in [5.41, 5.74) is -0.217. The van der Waals surface area contributed by atoms with Crippen LogP contribution in [0.1, 0.15) is 26.7 Å². The van der Waals surface area contributed by atoms with Gasteiger partial charge in [-0.1, -0.05) is 25.4 Å². The van der Waals surface area contributed by atoms with Crippen molar-refractivity contribution in [2.75, 3.05) is 6.61 Å². The molecule has 26 heavy (non-hydrogen) atoms. The Morgan fingerprint density at radius 3 is 2.65 bits per heavy atom. The number of rotatable bonds is 5. The lowest BCUT2D eigenvalue weighted by molar-refractivity contribution is 0.121. The molecule has 0 spiro atoms. The van der Waals surface area contributed by atoms with Gasteiger partial charge in [-0.15, -0.1) is 0 Å². The first-order valence-corrected chi connectivity index (χ1v) is 8.76. The Morgan fingerprint density at radius 2 is 1.96 bits per heavy atom. The molecule has 0 radical (unpaired) electrons. The second-order valence-electron chi connectivity index (χ2n) is 5.39. The molecule has 2 heterocycles. The zero-order chi connectivity index (χ0) is 19.3. The third-order valence-corrected chi connectivity index (χ3v) is 3.95. The average molecular weight is 381 g/mol. The van der Waals surface area contributed by atoms with E-state index in [-0.39, 0.29) is 31.1 Å². The molecule has 0 amide bonds. The van der Waals surface area contributed by atoms with Gasteiger partial charge < -0.3 is 14.8 Å². The van der Waals surface area contributed by atoms with Crippen LogP contribution >= 0.6 is 11.6 Å². The van der Waals surface area contributed by atoms with Gasteiger partial charge in [0.15, 0.2) is 11.5 Å². The van der Waals surface area contributed by atoms with E-state index in [1.807, 2.05) is 13.8 Å². The number of hydrogen-bond acceptors (Lipinski definition) is 6. The Bertz CT molecular complexity index is 969. The van der Waals surface area contributed by atoms with Gasteiger partial charge in [0.05, 0.1) is 17.1 Å². The predicted molar refractivity (Wildman–Crippen MR) is 99.7 cm³/mol. The lowest BCUT2D eigenvalue weighted by Gasteiger charge is -2.18. The summed E-state index contributed by atoms with van der Waals surface area (Å²) in [6, 6.07) is 4.98. The van der Waals surface area contributed by atoms with Crippen LogP contribution in [0.3, 0.4) is 0 Å². The van der Waals surface area contributed by atoms with Gasteiger partial charge in [-0.3, -0.25) is 9.78 Å². The molecule has 0 aromatic heterocycles. The highest BCUT2D eigenvalue weighted by atomic mass is 35.5. The van der Waals surface area contributed by atoms with Crippen molar-refractivity contribution in [1.82, 2.24) is 19.5 Å². The minimum absolute atomic E-state index is 0.0427. The molecule has 3 rings (SSSR count). The van der Waals surface area contributed by atoms with Crippen molar-refractivity contribution in [3.05, 3.63) is 44.1 Å². The Hall–Kier alpha value is -2.29. The number of nitrogens with one attached hydrogen (secondary N) is 1. The maximum Gasteiger partial charge on any atom is 0.349 e. The molecule has 2 aliphatic heterocycles. The number of fused-ring (bicyclic) bond motifs is 2. The van der Waals surface area contributed by atoms with E-state index in [0.29, 0.717) is 22.5 Å². The van der Waals surface area contributed by atoms with E-state index in [1.54, 1.807) is 22.8 Å². The minimum Gasteiger partial charge on any atom is -0.396 e. The van der Waals surface area contributed by atoms with Crippen LogP contribution in [0.4, 0.5) is 0 Å². The molecule has 0 saturated heterocycles. The molecular weight excluding hydrogens is 360 g/mol. The lowest BCUT2D eigenvalue weighted by atomic mass is 10.2. The highest BCUT2D eigenvalue weighted by molar-refractivity contribution is 6.31. The van der Waals surface area contributed by atoms with Gasteiger partial charge in [-0.05, 0) is 31.0 Å². The van der Waals surface area contributed by atoms with Crippen LogP contribution in [0.25, 0.3) is 22.6 Å². The average Bonchev–Trinajstić information content (AvgIpc) is 2.61. The number of nitrogens with zero attached hydrogens (tertiary/aromatic N) is 3. The molecule has 1 aromatic carbocycles. The van der Waals surface area contributed by atoms with Crippen LogP contribution in [0.2, 0.25) is 5.02 Å². The highest BCUT2D eigenvalue weighted by Crippen LogP contribution is 2.24. The number of halogens is 1. The van der Waals surface area contributed by atoms with Crippen LogP contribution < -0.4 is 11.2 Å².